The van der Waals surface area contributed by atoms with E-state index in [1.807, 2.05) is 35.4 Å². The number of pyridine rings is 1. The number of aryl methyl sites for hydroxylation is 3. The maximum Gasteiger partial charge on any atom is 0.350 e. The van der Waals surface area contributed by atoms with Gasteiger partial charge in [0.1, 0.15) is 5.69 Å². The molecule has 6 heteroatoms. The van der Waals surface area contributed by atoms with Crippen molar-refractivity contribution in [2.24, 2.45) is 5.92 Å². The van der Waals surface area contributed by atoms with Crippen LogP contribution in [0.1, 0.15) is 51.1 Å². The van der Waals surface area contributed by atoms with E-state index >= 15 is 0 Å². The Kier molecular flexibility index (Phi) is 5.79. The molecule has 5 nitrogen and oxygen atoms in total. The number of hydrogen-bond acceptors (Lipinski definition) is 3. The van der Waals surface area contributed by atoms with Crippen molar-refractivity contribution in [1.29, 1.82) is 0 Å². The fourth-order valence-corrected chi connectivity index (χ4v) is 5.91. The summed E-state index contributed by atoms with van der Waals surface area (Å²) in [6.45, 7) is 9.58. The summed E-state index contributed by atoms with van der Waals surface area (Å²) in [5.41, 5.74) is 11.8. The smallest absolute Gasteiger partial charge is 0.350 e. The number of nitrogens with two attached hydrogens (primary N) is 1. The molecule has 1 aliphatic heterocycles. The highest BCUT2D eigenvalue weighted by molar-refractivity contribution is 6.30. The molecular formula is C28H28ClN4O+. The molecule has 1 aliphatic carbocycles. The second-order valence-electron chi connectivity index (χ2n) is 9.37. The maximum absolute atomic E-state index is 13.2. The summed E-state index contributed by atoms with van der Waals surface area (Å²) < 4.78 is 0. The van der Waals surface area contributed by atoms with Gasteiger partial charge in [-0.25, -0.2) is 0 Å². The van der Waals surface area contributed by atoms with E-state index in [0.717, 1.165) is 48.1 Å². The molecule has 2 aromatic carbocycles. The van der Waals surface area contributed by atoms with E-state index in [1.54, 1.807) is 12.1 Å². The third-order valence-corrected chi connectivity index (χ3v) is 7.61. The van der Waals surface area contributed by atoms with Crippen molar-refractivity contribution in [2.75, 3.05) is 18.8 Å². The summed E-state index contributed by atoms with van der Waals surface area (Å²) in [5.74, 6) is 0.0686. The number of likely N-dealkylation sites (tertiary alicyclic amines) is 1. The van der Waals surface area contributed by atoms with Crippen LogP contribution in [0.5, 0.6) is 0 Å². The number of anilines is 1. The van der Waals surface area contributed by atoms with Crippen molar-refractivity contribution in [3.8, 4) is 6.57 Å². The van der Waals surface area contributed by atoms with Gasteiger partial charge in [0, 0.05) is 30.0 Å². The lowest BCUT2D eigenvalue weighted by molar-refractivity contribution is 0.0667. The SMILES string of the molecule is C#[N+][C@@]1(C2CCN(C(=O)c3ccccc3N)CC2)c2ccc(Cl)cc2CCc2cc(C)cnc21. The Bertz CT molecular complexity index is 1250. The quantitative estimate of drug-likeness (QED) is 0.503. The lowest BCUT2D eigenvalue weighted by atomic mass is 9.70. The molecule has 0 saturated carbocycles. The van der Waals surface area contributed by atoms with Gasteiger partial charge in [0.15, 0.2) is 0 Å². The van der Waals surface area contributed by atoms with Gasteiger partial charge in [-0.05, 0) is 79.6 Å². The number of carbonyl (C=O) groups excluding carboxylic acids is 1. The lowest BCUT2D eigenvalue weighted by Crippen LogP contribution is -2.45. The number of nitrogen functional groups attached to an aromatic ring is 1. The van der Waals surface area contributed by atoms with E-state index in [-0.39, 0.29) is 11.8 Å². The van der Waals surface area contributed by atoms with E-state index in [0.29, 0.717) is 29.4 Å². The number of fused-ring (bicyclic) bond motifs is 2. The first-order valence-electron chi connectivity index (χ1n) is 11.7. The Balaban J connectivity index is 1.53. The predicted octanol–water partition coefficient (Wildman–Crippen LogP) is 5.48. The number of amides is 1. The van der Waals surface area contributed by atoms with Crippen LogP contribution in [-0.4, -0.2) is 28.9 Å². The highest BCUT2D eigenvalue weighted by atomic mass is 35.5. The zero-order valence-corrected chi connectivity index (χ0v) is 20.1. The fourth-order valence-electron chi connectivity index (χ4n) is 5.71. The van der Waals surface area contributed by atoms with Gasteiger partial charge in [-0.2, -0.15) is 0 Å². The zero-order chi connectivity index (χ0) is 23.9. The average molecular weight is 472 g/mol. The van der Waals surface area contributed by atoms with Crippen molar-refractivity contribution >= 4 is 23.2 Å². The number of aromatic nitrogens is 1. The largest absolute Gasteiger partial charge is 0.398 e. The fraction of sp³-hybridized carbons (Fsp3) is 0.321. The normalized spacial score (nSPS) is 20.1. The third kappa shape index (κ3) is 3.63. The number of para-hydroxylation sites is 1. The number of piperidine rings is 1. The molecule has 0 unspecified atom stereocenters. The van der Waals surface area contributed by atoms with Crippen molar-refractivity contribution in [2.45, 2.75) is 38.1 Å². The number of rotatable bonds is 2. The van der Waals surface area contributed by atoms with Crippen LogP contribution in [0.2, 0.25) is 5.02 Å². The third-order valence-electron chi connectivity index (χ3n) is 7.37. The predicted molar refractivity (Wildman–Crippen MR) is 136 cm³/mol. The van der Waals surface area contributed by atoms with Crippen LogP contribution >= 0.6 is 11.6 Å². The topological polar surface area (TPSA) is 63.6 Å². The molecule has 1 fully saturated rings. The maximum atomic E-state index is 13.2. The summed E-state index contributed by atoms with van der Waals surface area (Å²) in [4.78, 5) is 24.6. The van der Waals surface area contributed by atoms with E-state index in [1.165, 1.54) is 5.56 Å². The molecule has 1 aromatic heterocycles. The molecular weight excluding hydrogens is 444 g/mol. The molecule has 1 atom stereocenters. The first-order valence-corrected chi connectivity index (χ1v) is 12.1. The zero-order valence-electron chi connectivity index (χ0n) is 19.3. The van der Waals surface area contributed by atoms with Crippen LogP contribution < -0.4 is 5.73 Å². The van der Waals surface area contributed by atoms with E-state index < -0.39 is 5.54 Å². The van der Waals surface area contributed by atoms with Gasteiger partial charge in [0.2, 0.25) is 0 Å². The van der Waals surface area contributed by atoms with Crippen LogP contribution in [0.3, 0.4) is 0 Å². The minimum Gasteiger partial charge on any atom is -0.398 e. The summed E-state index contributed by atoms with van der Waals surface area (Å²) in [6.07, 6.45) is 5.14. The minimum absolute atomic E-state index is 0.0301. The van der Waals surface area contributed by atoms with Crippen LogP contribution in [0.4, 0.5) is 5.69 Å². The minimum atomic E-state index is -0.777. The number of halogens is 1. The Morgan fingerprint density at radius 2 is 1.88 bits per heavy atom. The number of hydrogen-bond donors (Lipinski definition) is 1. The Morgan fingerprint density at radius 3 is 2.62 bits per heavy atom. The lowest BCUT2D eigenvalue weighted by Gasteiger charge is -2.36. The number of carbonyl (C=O) groups is 1. The monoisotopic (exact) mass is 471 g/mol. The number of benzene rings is 2. The summed E-state index contributed by atoms with van der Waals surface area (Å²) in [6, 6.07) is 15.4. The van der Waals surface area contributed by atoms with Crippen LogP contribution in [0.15, 0.2) is 54.7 Å². The second kappa shape index (κ2) is 8.77. The molecule has 3 aromatic rings. The molecule has 0 radical (unpaired) electrons. The molecule has 1 saturated heterocycles. The van der Waals surface area contributed by atoms with E-state index in [4.69, 9.17) is 28.9 Å². The van der Waals surface area contributed by atoms with Crippen molar-refractivity contribution in [3.63, 3.8) is 0 Å². The molecule has 2 aliphatic rings. The summed E-state index contributed by atoms with van der Waals surface area (Å²) in [5, 5.41) is 0.709. The van der Waals surface area contributed by atoms with Gasteiger partial charge >= 0.3 is 5.54 Å². The molecule has 2 heterocycles. The molecule has 5 rings (SSSR count). The molecule has 0 spiro atoms. The van der Waals surface area contributed by atoms with Crippen LogP contribution in [0.25, 0.3) is 4.85 Å². The number of nitrogens with zero attached hydrogens (tertiary/aromatic N) is 3. The standard InChI is InChI=1S/C28H27ClN4O/c1-18-15-20-8-7-19-16-22(29)9-10-24(19)28(31-2,26(20)32-17-18)21-11-13-33(14-12-21)27(34)23-5-3-4-6-25(23)30/h2-6,9-10,15-17,21H,7-8,11-14H2,1H3,(H-,30,34)/p+1/t28-/m0/s1. The van der Waals surface area contributed by atoms with Gasteiger partial charge in [-0.1, -0.05) is 34.6 Å². The van der Waals surface area contributed by atoms with Crippen molar-refractivity contribution < 1.29 is 4.79 Å². The molecule has 2 N–H and O–H groups in total. The summed E-state index contributed by atoms with van der Waals surface area (Å²) in [7, 11) is 0. The van der Waals surface area contributed by atoms with E-state index in [2.05, 4.69) is 23.9 Å². The average Bonchev–Trinajstić information content (AvgIpc) is 2.98. The highest BCUT2D eigenvalue weighted by Crippen LogP contribution is 2.49. The molecule has 0 bridgehead atoms. The van der Waals surface area contributed by atoms with Crippen LogP contribution in [0, 0.1) is 19.4 Å². The van der Waals surface area contributed by atoms with Gasteiger partial charge in [-0.15, -0.1) is 0 Å². The summed E-state index contributed by atoms with van der Waals surface area (Å²) >= 11 is 6.38. The van der Waals surface area contributed by atoms with E-state index in [9.17, 15) is 4.79 Å². The Hall–Kier alpha value is -3.36. The first-order chi connectivity index (χ1) is 16.4. The van der Waals surface area contributed by atoms with Gasteiger partial charge in [0.05, 0.1) is 17.0 Å². The van der Waals surface area contributed by atoms with Crippen molar-refractivity contribution in [3.05, 3.63) is 98.1 Å². The molecule has 1 amide bonds. The molecule has 34 heavy (non-hydrogen) atoms. The van der Waals surface area contributed by atoms with Gasteiger partial charge in [-0.3, -0.25) is 9.78 Å². The van der Waals surface area contributed by atoms with Crippen molar-refractivity contribution in [1.82, 2.24) is 9.88 Å². The Morgan fingerprint density at radius 1 is 1.15 bits per heavy atom. The van der Waals surface area contributed by atoms with Gasteiger partial charge < -0.3 is 10.6 Å². The molecule has 172 valence electrons. The first kappa shape index (κ1) is 22.4. The second-order valence-corrected chi connectivity index (χ2v) is 9.81. The van der Waals surface area contributed by atoms with Gasteiger partial charge in [0.25, 0.3) is 12.5 Å². The Labute approximate surface area is 205 Å². The highest BCUT2D eigenvalue weighted by Gasteiger charge is 2.57. The van der Waals surface area contributed by atoms with Crippen LogP contribution in [-0.2, 0) is 18.4 Å².